The van der Waals surface area contributed by atoms with Crippen LogP contribution in [0.3, 0.4) is 0 Å². The minimum Gasteiger partial charge on any atom is -0.491 e. The first kappa shape index (κ1) is 39.1. The van der Waals surface area contributed by atoms with E-state index in [0.29, 0.717) is 0 Å². The normalized spacial score (nSPS) is 11.1. The van der Waals surface area contributed by atoms with Crippen molar-refractivity contribution in [3.05, 3.63) is 97.6 Å². The topological polar surface area (TPSA) is 217 Å². The number of methoxy groups -OCH3 is 2. The lowest BCUT2D eigenvalue weighted by Crippen LogP contribution is -2.35. The van der Waals surface area contributed by atoms with E-state index in [-0.39, 0.29) is 82.3 Å². The van der Waals surface area contributed by atoms with Crippen molar-refractivity contribution in [3.8, 4) is 29.1 Å². The summed E-state index contributed by atoms with van der Waals surface area (Å²) >= 11 is 0. The lowest BCUT2D eigenvalue weighted by Gasteiger charge is -2.20. The summed E-state index contributed by atoms with van der Waals surface area (Å²) in [4.78, 5) is 38.4. The van der Waals surface area contributed by atoms with Crippen LogP contribution < -0.4 is 40.0 Å². The van der Waals surface area contributed by atoms with Gasteiger partial charge in [0.15, 0.2) is 23.0 Å². The number of nitrogens with zero attached hydrogens (tertiary/aromatic N) is 1. The Morgan fingerprint density at radius 1 is 0.804 bits per heavy atom. The smallest absolute Gasteiger partial charge is 0.342 e. The summed E-state index contributed by atoms with van der Waals surface area (Å²) in [6, 6.07) is 11.4. The Morgan fingerprint density at radius 2 is 1.35 bits per heavy atom. The maximum atomic E-state index is 13.7. The minimum absolute atomic E-state index is 0.00235. The summed E-state index contributed by atoms with van der Waals surface area (Å²) in [5.41, 5.74) is 5.93. The lowest BCUT2D eigenvalue weighted by atomic mass is 10.1. The first-order valence-electron chi connectivity index (χ1n) is 15.0. The Balaban J connectivity index is 1.97. The fraction of sp³-hybridized carbons (Fsp3) is 0.200. The van der Waals surface area contributed by atoms with E-state index in [1.807, 2.05) is 0 Å². The molecule has 268 valence electrons. The number of esters is 1. The molecule has 3 aromatic rings. The summed E-state index contributed by atoms with van der Waals surface area (Å²) in [6.45, 7) is 10.7. The van der Waals surface area contributed by atoms with Gasteiger partial charge in [-0.15, -0.1) is 0 Å². The van der Waals surface area contributed by atoms with Gasteiger partial charge < -0.3 is 40.1 Å². The molecule has 0 saturated carbocycles. The highest BCUT2D eigenvalue weighted by Gasteiger charge is 2.27. The molecule has 3 aromatic carbocycles. The average Bonchev–Trinajstić information content (AvgIpc) is 3.11. The third-order valence-electron chi connectivity index (χ3n) is 6.69. The third-order valence-corrected chi connectivity index (χ3v) is 8.07. The van der Waals surface area contributed by atoms with Crippen molar-refractivity contribution in [2.75, 3.05) is 49.4 Å². The Kier molecular flexibility index (Phi) is 14.2. The van der Waals surface area contributed by atoms with Gasteiger partial charge in [-0.3, -0.25) is 14.3 Å². The zero-order chi connectivity index (χ0) is 37.6. The van der Waals surface area contributed by atoms with E-state index in [4.69, 9.17) is 34.7 Å². The maximum absolute atomic E-state index is 13.7. The number of ether oxygens (including phenoxy) is 5. The number of hydrogen-bond donors (Lipinski definition) is 4. The number of anilines is 3. The van der Waals surface area contributed by atoms with Crippen LogP contribution in [0, 0.1) is 11.3 Å². The zero-order valence-electron chi connectivity index (χ0n) is 27.9. The number of nitriles is 1. The number of nitrogens with two attached hydrogens (primary N) is 1. The molecule has 0 saturated heterocycles. The van der Waals surface area contributed by atoms with E-state index >= 15 is 0 Å². The van der Waals surface area contributed by atoms with Crippen molar-refractivity contribution in [1.29, 1.82) is 5.26 Å². The van der Waals surface area contributed by atoms with Crippen molar-refractivity contribution < 1.29 is 46.5 Å². The van der Waals surface area contributed by atoms with Gasteiger partial charge in [0.05, 0.1) is 54.6 Å². The number of benzene rings is 3. The molecule has 0 aliphatic rings. The third kappa shape index (κ3) is 9.88. The van der Waals surface area contributed by atoms with Crippen molar-refractivity contribution >= 4 is 44.9 Å². The summed E-state index contributed by atoms with van der Waals surface area (Å²) < 4.78 is 56.9. The number of carbonyl (C=O) groups is 3. The van der Waals surface area contributed by atoms with Crippen LogP contribution in [0.4, 0.5) is 17.1 Å². The van der Waals surface area contributed by atoms with E-state index in [1.165, 1.54) is 81.0 Å². The van der Waals surface area contributed by atoms with Crippen LogP contribution in [-0.2, 0) is 19.6 Å². The molecule has 5 N–H and O–H groups in total. The van der Waals surface area contributed by atoms with Gasteiger partial charge in [-0.1, -0.05) is 38.0 Å². The quantitative estimate of drug-likeness (QED) is 0.100. The molecule has 51 heavy (non-hydrogen) atoms. The molecule has 16 heteroatoms. The SMILES string of the molecule is C=CCOC(=O)c1ccc(NC(=O)c2ccc(NS(=O)(=O)c3ccc(NC(=O)C(N)CC#N)cc3)c(OC)c2OCC=C)c(OC)c1OCC=C. The highest BCUT2D eigenvalue weighted by atomic mass is 32.2. The predicted octanol–water partition coefficient (Wildman–Crippen LogP) is 4.41. The van der Waals surface area contributed by atoms with Gasteiger partial charge in [0, 0.05) is 5.69 Å². The standard InChI is InChI=1S/C35H37N5O10S/c1-6-19-48-29-24(33(41)39-27-15-14-25(35(43)50-21-8-3)30(31(27)46-4)49-20-7-2)13-16-28(32(29)47-5)40-51(44,45)23-11-9-22(10-12-23)38-34(42)26(37)17-18-36/h6-16,26,40H,1-3,17,19-21,37H2,4-5H3,(H,38,42)(H,39,41). The number of hydrogen-bond acceptors (Lipinski definition) is 12. The molecular weight excluding hydrogens is 682 g/mol. The Labute approximate surface area is 295 Å². The van der Waals surface area contributed by atoms with Crippen molar-refractivity contribution in [1.82, 2.24) is 0 Å². The van der Waals surface area contributed by atoms with Crippen LogP contribution in [0.1, 0.15) is 27.1 Å². The number of amides is 2. The fourth-order valence-corrected chi connectivity index (χ4v) is 5.43. The largest absolute Gasteiger partial charge is 0.491 e. The molecule has 0 bridgehead atoms. The molecule has 0 aliphatic heterocycles. The number of sulfonamides is 1. The van der Waals surface area contributed by atoms with Crippen molar-refractivity contribution in [2.24, 2.45) is 5.73 Å². The summed E-state index contributed by atoms with van der Waals surface area (Å²) in [5.74, 6) is -2.27. The number of rotatable bonds is 19. The summed E-state index contributed by atoms with van der Waals surface area (Å²) in [5, 5.41) is 14.0. The van der Waals surface area contributed by atoms with Gasteiger partial charge in [0.1, 0.15) is 25.4 Å². The van der Waals surface area contributed by atoms with Crippen LogP contribution in [-0.4, -0.2) is 66.3 Å². The van der Waals surface area contributed by atoms with E-state index < -0.39 is 33.8 Å². The maximum Gasteiger partial charge on any atom is 0.342 e. The molecule has 3 rings (SSSR count). The monoisotopic (exact) mass is 719 g/mol. The molecule has 0 aromatic heterocycles. The highest BCUT2D eigenvalue weighted by Crippen LogP contribution is 2.42. The average molecular weight is 720 g/mol. The Bertz CT molecular complexity index is 1940. The van der Waals surface area contributed by atoms with Gasteiger partial charge >= 0.3 is 5.97 Å². The van der Waals surface area contributed by atoms with Gasteiger partial charge in [-0.2, -0.15) is 5.26 Å². The first-order valence-corrected chi connectivity index (χ1v) is 16.5. The Hall–Kier alpha value is -6.31. The predicted molar refractivity (Wildman–Crippen MR) is 190 cm³/mol. The second-order valence-electron chi connectivity index (χ2n) is 10.2. The van der Waals surface area contributed by atoms with Gasteiger partial charge in [-0.05, 0) is 48.5 Å². The van der Waals surface area contributed by atoms with E-state index in [0.717, 1.165) is 0 Å². The lowest BCUT2D eigenvalue weighted by molar-refractivity contribution is -0.117. The van der Waals surface area contributed by atoms with Crippen molar-refractivity contribution in [2.45, 2.75) is 17.4 Å². The van der Waals surface area contributed by atoms with E-state index in [9.17, 15) is 22.8 Å². The second kappa shape index (κ2) is 18.5. The molecule has 0 radical (unpaired) electrons. The molecule has 0 heterocycles. The molecule has 1 atom stereocenters. The number of carbonyl (C=O) groups excluding carboxylic acids is 3. The first-order chi connectivity index (χ1) is 24.5. The van der Waals surface area contributed by atoms with Crippen LogP contribution in [0.2, 0.25) is 0 Å². The van der Waals surface area contributed by atoms with Crippen LogP contribution in [0.25, 0.3) is 0 Å². The zero-order valence-corrected chi connectivity index (χ0v) is 28.7. The van der Waals surface area contributed by atoms with Crippen LogP contribution in [0.15, 0.2) is 91.4 Å². The second-order valence-corrected chi connectivity index (χ2v) is 11.9. The minimum atomic E-state index is -4.24. The molecule has 0 aliphatic carbocycles. The van der Waals surface area contributed by atoms with E-state index in [1.54, 1.807) is 6.07 Å². The number of nitrogens with one attached hydrogen (secondary N) is 3. The van der Waals surface area contributed by atoms with E-state index in [2.05, 4.69) is 35.1 Å². The van der Waals surface area contributed by atoms with Crippen LogP contribution in [0.5, 0.6) is 23.0 Å². The molecule has 1 unspecified atom stereocenters. The summed E-state index contributed by atoms with van der Waals surface area (Å²) in [6.07, 6.45) is 4.09. The van der Waals surface area contributed by atoms with Gasteiger partial charge in [0.2, 0.25) is 5.91 Å². The van der Waals surface area contributed by atoms with Crippen LogP contribution >= 0.6 is 0 Å². The van der Waals surface area contributed by atoms with Gasteiger partial charge in [-0.25, -0.2) is 13.2 Å². The highest BCUT2D eigenvalue weighted by molar-refractivity contribution is 7.92. The van der Waals surface area contributed by atoms with Gasteiger partial charge in [0.25, 0.3) is 15.9 Å². The Morgan fingerprint density at radius 3 is 1.92 bits per heavy atom. The molecule has 15 nitrogen and oxygen atoms in total. The molecule has 0 spiro atoms. The molecule has 2 amide bonds. The van der Waals surface area contributed by atoms with Crippen molar-refractivity contribution in [3.63, 3.8) is 0 Å². The summed E-state index contributed by atoms with van der Waals surface area (Å²) in [7, 11) is -1.65. The molecule has 0 fully saturated rings. The fourth-order valence-electron chi connectivity index (χ4n) is 4.37. The molecular formula is C35H37N5O10S.